The number of hydrogen-bond donors (Lipinski definition) is 0. The van der Waals surface area contributed by atoms with E-state index in [4.69, 9.17) is 0 Å². The molecule has 26 heavy (non-hydrogen) atoms. The lowest BCUT2D eigenvalue weighted by atomic mass is 10.0. The van der Waals surface area contributed by atoms with Crippen LogP contribution in [0.2, 0.25) is 0 Å². The van der Waals surface area contributed by atoms with E-state index in [1.54, 1.807) is 9.80 Å². The highest BCUT2D eigenvalue weighted by atomic mass is 79.9. The summed E-state index contributed by atoms with van der Waals surface area (Å²) in [5, 5.41) is 0. The van der Waals surface area contributed by atoms with Gasteiger partial charge >= 0.3 is 0 Å². The molecular weight excluding hydrogens is 420 g/mol. The Morgan fingerprint density at radius 2 is 1.81 bits per heavy atom. The third-order valence-corrected chi connectivity index (χ3v) is 7.69. The Kier molecular flexibility index (Phi) is 4.59. The van der Waals surface area contributed by atoms with Crippen LogP contribution in [0.3, 0.4) is 0 Å². The first kappa shape index (κ1) is 18.0. The molecule has 1 saturated carbocycles. The van der Waals surface area contributed by atoms with Gasteiger partial charge < -0.3 is 9.80 Å². The summed E-state index contributed by atoms with van der Waals surface area (Å²) in [4.78, 5) is 29.1. The number of rotatable bonds is 4. The Morgan fingerprint density at radius 3 is 2.38 bits per heavy atom. The quantitative estimate of drug-likeness (QED) is 0.717. The van der Waals surface area contributed by atoms with Crippen LogP contribution in [0.15, 0.2) is 28.7 Å². The van der Waals surface area contributed by atoms with Gasteiger partial charge in [-0.3, -0.25) is 9.59 Å². The zero-order valence-electron chi connectivity index (χ0n) is 14.3. The number of sulfone groups is 1. The lowest BCUT2D eigenvalue weighted by molar-refractivity contribution is -0.138. The minimum atomic E-state index is -3.05. The van der Waals surface area contributed by atoms with Crippen LogP contribution in [0.4, 0.5) is 5.69 Å². The lowest BCUT2D eigenvalue weighted by Crippen LogP contribution is -2.46. The number of carbonyl (C=O) groups is 2. The Balaban J connectivity index is 1.50. The monoisotopic (exact) mass is 440 g/mol. The standard InChI is InChI=1S/C18H21BrN2O4S/c19-13-1-3-14(4-2-13)20-10-12(9-17(20)22)18(23)21(15-5-6-15)16-7-8-26(24,25)11-16/h1-4,12,15-16H,5-11H2. The highest BCUT2D eigenvalue weighted by Crippen LogP contribution is 2.36. The summed E-state index contributed by atoms with van der Waals surface area (Å²) in [6.45, 7) is 0.363. The number of carbonyl (C=O) groups excluding carboxylic acids is 2. The number of halogens is 1. The van der Waals surface area contributed by atoms with E-state index in [9.17, 15) is 18.0 Å². The highest BCUT2D eigenvalue weighted by molar-refractivity contribution is 9.10. The smallest absolute Gasteiger partial charge is 0.228 e. The molecular formula is C18H21BrN2O4S. The first-order chi connectivity index (χ1) is 12.3. The molecule has 2 atom stereocenters. The van der Waals surface area contributed by atoms with Crippen molar-refractivity contribution in [1.29, 1.82) is 0 Å². The third-order valence-electron chi connectivity index (χ3n) is 5.41. The van der Waals surface area contributed by atoms with Crippen LogP contribution >= 0.6 is 15.9 Å². The molecule has 2 heterocycles. The van der Waals surface area contributed by atoms with Crippen molar-refractivity contribution in [2.45, 2.75) is 37.8 Å². The van der Waals surface area contributed by atoms with Crippen LogP contribution in [0.5, 0.6) is 0 Å². The average molecular weight is 441 g/mol. The van der Waals surface area contributed by atoms with Crippen molar-refractivity contribution in [1.82, 2.24) is 4.90 Å². The molecule has 6 nitrogen and oxygen atoms in total. The molecule has 4 rings (SSSR count). The zero-order valence-corrected chi connectivity index (χ0v) is 16.7. The van der Waals surface area contributed by atoms with Crippen LogP contribution in [-0.2, 0) is 19.4 Å². The Morgan fingerprint density at radius 1 is 1.12 bits per heavy atom. The maximum atomic E-state index is 13.1. The van der Waals surface area contributed by atoms with Crippen molar-refractivity contribution in [2.24, 2.45) is 5.92 Å². The molecule has 2 amide bonds. The molecule has 0 bridgehead atoms. The molecule has 1 aromatic carbocycles. The summed E-state index contributed by atoms with van der Waals surface area (Å²) in [5.74, 6) is -0.284. The number of benzene rings is 1. The van der Waals surface area contributed by atoms with E-state index in [0.717, 1.165) is 23.0 Å². The molecule has 1 aliphatic carbocycles. The topological polar surface area (TPSA) is 74.8 Å². The second-order valence-electron chi connectivity index (χ2n) is 7.42. The average Bonchev–Trinajstić information content (AvgIpc) is 3.25. The van der Waals surface area contributed by atoms with Crippen LogP contribution < -0.4 is 4.90 Å². The molecule has 0 spiro atoms. The summed E-state index contributed by atoms with van der Waals surface area (Å²) in [6.07, 6.45) is 2.57. The summed E-state index contributed by atoms with van der Waals surface area (Å²) >= 11 is 3.38. The second-order valence-corrected chi connectivity index (χ2v) is 10.6. The van der Waals surface area contributed by atoms with Crippen LogP contribution in [0.25, 0.3) is 0 Å². The molecule has 0 radical (unpaired) electrons. The van der Waals surface area contributed by atoms with Gasteiger partial charge in [0.05, 0.1) is 17.4 Å². The highest BCUT2D eigenvalue weighted by Gasteiger charge is 2.46. The number of hydrogen-bond acceptors (Lipinski definition) is 4. The number of anilines is 1. The fourth-order valence-electron chi connectivity index (χ4n) is 3.96. The van der Waals surface area contributed by atoms with Gasteiger partial charge in [-0.25, -0.2) is 8.42 Å². The van der Waals surface area contributed by atoms with Crippen molar-refractivity contribution < 1.29 is 18.0 Å². The summed E-state index contributed by atoms with van der Waals surface area (Å²) in [7, 11) is -3.05. The van der Waals surface area contributed by atoms with E-state index in [0.29, 0.717) is 13.0 Å². The Hall–Kier alpha value is -1.41. The van der Waals surface area contributed by atoms with Crippen molar-refractivity contribution in [3.05, 3.63) is 28.7 Å². The molecule has 0 aromatic heterocycles. The molecule has 2 unspecified atom stereocenters. The van der Waals surface area contributed by atoms with Gasteiger partial charge in [0.25, 0.3) is 0 Å². The summed E-state index contributed by atoms with van der Waals surface area (Å²) < 4.78 is 24.6. The number of amides is 2. The minimum absolute atomic E-state index is 0.0532. The van der Waals surface area contributed by atoms with Gasteiger partial charge in [-0.15, -0.1) is 0 Å². The molecule has 3 fully saturated rings. The molecule has 2 aliphatic heterocycles. The van der Waals surface area contributed by atoms with E-state index >= 15 is 0 Å². The van der Waals surface area contributed by atoms with Crippen LogP contribution in [0, 0.1) is 5.92 Å². The number of nitrogens with zero attached hydrogens (tertiary/aromatic N) is 2. The molecule has 1 aromatic rings. The van der Waals surface area contributed by atoms with Crippen molar-refractivity contribution >= 4 is 43.3 Å². The normalized spacial score (nSPS) is 27.7. The summed E-state index contributed by atoms with van der Waals surface area (Å²) in [5.41, 5.74) is 0.787. The first-order valence-electron chi connectivity index (χ1n) is 8.92. The first-order valence-corrected chi connectivity index (χ1v) is 11.5. The largest absolute Gasteiger partial charge is 0.335 e. The summed E-state index contributed by atoms with van der Waals surface area (Å²) in [6, 6.07) is 7.39. The lowest BCUT2D eigenvalue weighted by Gasteiger charge is -2.30. The predicted molar refractivity (Wildman–Crippen MR) is 102 cm³/mol. The zero-order chi connectivity index (χ0) is 18.5. The van der Waals surface area contributed by atoms with E-state index in [2.05, 4.69) is 15.9 Å². The molecule has 8 heteroatoms. The van der Waals surface area contributed by atoms with Crippen LogP contribution in [0.1, 0.15) is 25.7 Å². The fourth-order valence-corrected chi connectivity index (χ4v) is 5.94. The van der Waals surface area contributed by atoms with Gasteiger partial charge in [-0.05, 0) is 43.5 Å². The van der Waals surface area contributed by atoms with E-state index in [1.807, 2.05) is 24.3 Å². The molecule has 3 aliphatic rings. The molecule has 2 saturated heterocycles. The Bertz CT molecular complexity index is 835. The Labute approximate surface area is 161 Å². The molecule has 140 valence electrons. The minimum Gasteiger partial charge on any atom is -0.335 e. The van der Waals surface area contributed by atoms with E-state index in [1.165, 1.54) is 0 Å². The van der Waals surface area contributed by atoms with Crippen molar-refractivity contribution in [2.75, 3.05) is 23.0 Å². The van der Waals surface area contributed by atoms with Crippen molar-refractivity contribution in [3.8, 4) is 0 Å². The maximum absolute atomic E-state index is 13.1. The van der Waals surface area contributed by atoms with Crippen molar-refractivity contribution in [3.63, 3.8) is 0 Å². The molecule has 0 N–H and O–H groups in total. The van der Waals surface area contributed by atoms with Gasteiger partial charge in [0.2, 0.25) is 11.8 Å². The van der Waals surface area contributed by atoms with E-state index < -0.39 is 15.8 Å². The second kappa shape index (κ2) is 6.64. The van der Waals surface area contributed by atoms with Gasteiger partial charge in [0.15, 0.2) is 9.84 Å². The van der Waals surface area contributed by atoms with Gasteiger partial charge in [-0.1, -0.05) is 15.9 Å². The van der Waals surface area contributed by atoms with Gasteiger partial charge in [-0.2, -0.15) is 0 Å². The van der Waals surface area contributed by atoms with E-state index in [-0.39, 0.29) is 41.8 Å². The van der Waals surface area contributed by atoms with Gasteiger partial charge in [0.1, 0.15) is 0 Å². The maximum Gasteiger partial charge on any atom is 0.228 e. The predicted octanol–water partition coefficient (Wildman–Crippen LogP) is 1.98. The third kappa shape index (κ3) is 3.53. The van der Waals surface area contributed by atoms with Crippen LogP contribution in [-0.4, -0.2) is 55.3 Å². The fraction of sp³-hybridized carbons (Fsp3) is 0.556. The SMILES string of the molecule is O=C1CC(C(=O)N(C2CC2)C2CCS(=O)(=O)C2)CN1c1ccc(Br)cc1. The van der Waals surface area contributed by atoms with Gasteiger partial charge in [0, 0.05) is 35.2 Å².